The quantitative estimate of drug-likeness (QED) is 0.757. The van der Waals surface area contributed by atoms with Crippen LogP contribution in [0.2, 0.25) is 5.15 Å². The molecule has 0 radical (unpaired) electrons. The number of amides is 1. The summed E-state index contributed by atoms with van der Waals surface area (Å²) in [6, 6.07) is 7.36. The van der Waals surface area contributed by atoms with Gasteiger partial charge in [-0.15, -0.1) is 0 Å². The van der Waals surface area contributed by atoms with Crippen molar-refractivity contribution in [3.05, 3.63) is 59.3 Å². The lowest BCUT2D eigenvalue weighted by Crippen LogP contribution is -2.15. The molecule has 0 fully saturated rings. The first-order valence-corrected chi connectivity index (χ1v) is 6.85. The van der Waals surface area contributed by atoms with Crippen molar-refractivity contribution in [2.75, 3.05) is 5.32 Å². The second-order valence-electron chi connectivity index (χ2n) is 4.72. The van der Waals surface area contributed by atoms with Crippen molar-refractivity contribution in [1.29, 1.82) is 0 Å². The van der Waals surface area contributed by atoms with Crippen LogP contribution in [0.5, 0.6) is 0 Å². The van der Waals surface area contributed by atoms with Crippen LogP contribution in [0.4, 0.5) is 5.69 Å². The fourth-order valence-corrected chi connectivity index (χ4v) is 2.29. The summed E-state index contributed by atoms with van der Waals surface area (Å²) in [6.45, 7) is 1.99. The Hall–Kier alpha value is -2.40. The first-order chi connectivity index (χ1) is 10.1. The number of rotatable bonds is 3. The molecule has 3 heterocycles. The highest BCUT2D eigenvalue weighted by atomic mass is 35.5. The summed E-state index contributed by atoms with van der Waals surface area (Å²) < 4.78 is 1.91. The monoisotopic (exact) mass is 300 g/mol. The van der Waals surface area contributed by atoms with E-state index in [0.29, 0.717) is 11.4 Å². The van der Waals surface area contributed by atoms with Crippen LogP contribution in [0, 0.1) is 6.92 Å². The van der Waals surface area contributed by atoms with Crippen molar-refractivity contribution in [2.45, 2.75) is 13.3 Å². The van der Waals surface area contributed by atoms with E-state index in [1.807, 2.05) is 35.9 Å². The van der Waals surface area contributed by atoms with Crippen molar-refractivity contribution in [1.82, 2.24) is 14.4 Å². The molecule has 106 valence electrons. The molecule has 3 rings (SSSR count). The summed E-state index contributed by atoms with van der Waals surface area (Å²) in [4.78, 5) is 20.4. The number of nitrogens with one attached hydrogen (secondary N) is 1. The van der Waals surface area contributed by atoms with E-state index in [-0.39, 0.29) is 17.5 Å². The summed E-state index contributed by atoms with van der Waals surface area (Å²) in [6.07, 6.45) is 5.52. The van der Waals surface area contributed by atoms with Gasteiger partial charge in [0.15, 0.2) is 5.15 Å². The fraction of sp³-hybridized carbons (Fsp3) is 0.133. The van der Waals surface area contributed by atoms with Crippen LogP contribution >= 0.6 is 11.6 Å². The lowest BCUT2D eigenvalue weighted by atomic mass is 10.3. The molecule has 0 aromatic carbocycles. The number of anilines is 1. The Kier molecular flexibility index (Phi) is 3.58. The predicted molar refractivity (Wildman–Crippen MR) is 81.5 cm³/mol. The van der Waals surface area contributed by atoms with Gasteiger partial charge in [0.2, 0.25) is 5.91 Å². The second kappa shape index (κ2) is 5.54. The lowest BCUT2D eigenvalue weighted by Gasteiger charge is -2.04. The van der Waals surface area contributed by atoms with Gasteiger partial charge in [-0.3, -0.25) is 4.79 Å². The molecule has 0 saturated carbocycles. The molecule has 0 aliphatic heterocycles. The molecule has 21 heavy (non-hydrogen) atoms. The first kappa shape index (κ1) is 13.6. The summed E-state index contributed by atoms with van der Waals surface area (Å²) in [5.74, 6) is -0.175. The zero-order valence-electron chi connectivity index (χ0n) is 11.4. The fourth-order valence-electron chi connectivity index (χ4n) is 2.13. The van der Waals surface area contributed by atoms with Gasteiger partial charge in [0, 0.05) is 18.6 Å². The number of hydrogen-bond acceptors (Lipinski definition) is 3. The van der Waals surface area contributed by atoms with E-state index < -0.39 is 0 Å². The number of imidazole rings is 1. The van der Waals surface area contributed by atoms with Gasteiger partial charge in [-0.1, -0.05) is 17.7 Å². The Bertz CT molecular complexity index is 812. The minimum absolute atomic E-state index is 0.175. The molecular formula is C15H13ClN4O. The Morgan fingerprint density at radius 3 is 3.00 bits per heavy atom. The van der Waals surface area contributed by atoms with E-state index in [4.69, 9.17) is 11.6 Å². The van der Waals surface area contributed by atoms with Gasteiger partial charge in [-0.2, -0.15) is 0 Å². The van der Waals surface area contributed by atoms with Crippen molar-refractivity contribution < 1.29 is 4.79 Å². The van der Waals surface area contributed by atoms with E-state index in [0.717, 1.165) is 11.2 Å². The van der Waals surface area contributed by atoms with Crippen molar-refractivity contribution in [3.8, 4) is 0 Å². The standard InChI is InChI=1S/C15H13ClN4O/c1-10-4-3-7-20-9-11(18-15(10)20)8-13(21)19-12-5-2-6-17-14(12)16/h2-7,9H,8H2,1H3,(H,19,21). The average Bonchev–Trinajstić information content (AvgIpc) is 2.85. The molecule has 3 aromatic heterocycles. The molecule has 1 N–H and O–H groups in total. The second-order valence-corrected chi connectivity index (χ2v) is 5.08. The van der Waals surface area contributed by atoms with E-state index in [9.17, 15) is 4.79 Å². The van der Waals surface area contributed by atoms with Crippen molar-refractivity contribution >= 4 is 28.8 Å². The topological polar surface area (TPSA) is 59.3 Å². The number of carbonyl (C=O) groups is 1. The van der Waals surface area contributed by atoms with Crippen LogP contribution in [0.25, 0.3) is 5.65 Å². The first-order valence-electron chi connectivity index (χ1n) is 6.47. The van der Waals surface area contributed by atoms with Crippen LogP contribution < -0.4 is 5.32 Å². The molecule has 1 amide bonds. The minimum atomic E-state index is -0.175. The third-order valence-electron chi connectivity index (χ3n) is 3.10. The van der Waals surface area contributed by atoms with Crippen molar-refractivity contribution in [3.63, 3.8) is 0 Å². The largest absolute Gasteiger partial charge is 0.323 e. The number of pyridine rings is 2. The Morgan fingerprint density at radius 2 is 2.24 bits per heavy atom. The van der Waals surface area contributed by atoms with E-state index in [1.165, 1.54) is 0 Å². The average molecular weight is 301 g/mol. The molecule has 0 aliphatic rings. The van der Waals surface area contributed by atoms with Crippen LogP contribution in [0.3, 0.4) is 0 Å². The van der Waals surface area contributed by atoms with Gasteiger partial charge in [-0.05, 0) is 30.7 Å². The summed E-state index contributed by atoms with van der Waals surface area (Å²) >= 11 is 5.91. The smallest absolute Gasteiger partial charge is 0.230 e. The Balaban J connectivity index is 1.77. The molecule has 0 saturated heterocycles. The number of nitrogens with zero attached hydrogens (tertiary/aromatic N) is 3. The molecule has 6 heteroatoms. The van der Waals surface area contributed by atoms with Crippen LogP contribution in [0.1, 0.15) is 11.3 Å². The van der Waals surface area contributed by atoms with E-state index >= 15 is 0 Å². The zero-order valence-corrected chi connectivity index (χ0v) is 12.1. The molecule has 3 aromatic rings. The highest BCUT2D eigenvalue weighted by molar-refractivity contribution is 6.32. The number of halogens is 1. The van der Waals surface area contributed by atoms with Gasteiger partial charge in [0.05, 0.1) is 17.8 Å². The van der Waals surface area contributed by atoms with Crippen LogP contribution in [0.15, 0.2) is 42.9 Å². The van der Waals surface area contributed by atoms with Gasteiger partial charge in [0.1, 0.15) is 5.65 Å². The summed E-state index contributed by atoms with van der Waals surface area (Å²) in [7, 11) is 0. The minimum Gasteiger partial charge on any atom is -0.323 e. The Labute approximate surface area is 126 Å². The number of aryl methyl sites for hydroxylation is 1. The third kappa shape index (κ3) is 2.87. The van der Waals surface area contributed by atoms with Gasteiger partial charge >= 0.3 is 0 Å². The van der Waals surface area contributed by atoms with E-state index in [2.05, 4.69) is 15.3 Å². The maximum absolute atomic E-state index is 12.0. The van der Waals surface area contributed by atoms with Gasteiger partial charge < -0.3 is 9.72 Å². The highest BCUT2D eigenvalue weighted by Gasteiger charge is 2.10. The lowest BCUT2D eigenvalue weighted by molar-refractivity contribution is -0.115. The Morgan fingerprint density at radius 1 is 1.38 bits per heavy atom. The number of hydrogen-bond donors (Lipinski definition) is 1. The SMILES string of the molecule is Cc1cccn2cc(CC(=O)Nc3cccnc3Cl)nc12. The molecule has 5 nitrogen and oxygen atoms in total. The zero-order chi connectivity index (χ0) is 14.8. The van der Waals surface area contributed by atoms with Gasteiger partial charge in [0.25, 0.3) is 0 Å². The molecule has 0 unspecified atom stereocenters. The molecule has 0 spiro atoms. The molecule has 0 bridgehead atoms. The predicted octanol–water partition coefficient (Wildman–Crippen LogP) is 2.87. The maximum atomic E-state index is 12.0. The van der Waals surface area contributed by atoms with E-state index in [1.54, 1.807) is 18.3 Å². The van der Waals surface area contributed by atoms with Crippen LogP contribution in [-0.4, -0.2) is 20.3 Å². The highest BCUT2D eigenvalue weighted by Crippen LogP contribution is 2.18. The third-order valence-corrected chi connectivity index (χ3v) is 3.40. The summed E-state index contributed by atoms with van der Waals surface area (Å²) in [5, 5.41) is 3.01. The molecule has 0 atom stereocenters. The molecular weight excluding hydrogens is 288 g/mol. The summed E-state index contributed by atoms with van der Waals surface area (Å²) in [5.41, 5.74) is 3.14. The number of carbonyl (C=O) groups excluding carboxylic acids is 1. The normalized spacial score (nSPS) is 10.8. The van der Waals surface area contributed by atoms with Gasteiger partial charge in [-0.25, -0.2) is 9.97 Å². The molecule has 0 aliphatic carbocycles. The van der Waals surface area contributed by atoms with Crippen LogP contribution in [-0.2, 0) is 11.2 Å². The van der Waals surface area contributed by atoms with Crippen molar-refractivity contribution in [2.24, 2.45) is 0 Å². The number of aromatic nitrogens is 3. The number of fused-ring (bicyclic) bond motifs is 1. The maximum Gasteiger partial charge on any atom is 0.230 e.